The van der Waals surface area contributed by atoms with Crippen LogP contribution in [0.2, 0.25) is 0 Å². The third kappa shape index (κ3) is 4.44. The summed E-state index contributed by atoms with van der Waals surface area (Å²) >= 11 is 2.46. The van der Waals surface area contributed by atoms with Gasteiger partial charge in [0.1, 0.15) is 56.8 Å². The standard InChI is InChI=1S/C37H14F4N6O2S2/c38-23-5-17-19(7-25(23)40)33(48)31(29(17)15(11-42)12-43)46-27-9-21-35(50-27)36-22(37(21)3-1-2-4-37)10-28(51-36)47-32-30(16(13-44)14-45)18-6-24(39)26(41)8-20(18)34(32)49/h5-10H,1-4H2/b46-31-,47-32-. The topological polar surface area (TPSA) is 154 Å². The van der Waals surface area contributed by atoms with Crippen molar-refractivity contribution in [1.29, 1.82) is 21.0 Å². The average molecular weight is 715 g/mol. The first-order valence-corrected chi connectivity index (χ1v) is 16.8. The molecule has 8 nitrogen and oxygen atoms in total. The third-order valence-corrected chi connectivity index (χ3v) is 11.8. The number of carbonyl (C=O) groups excluding carboxylic acids is 2. The lowest BCUT2D eigenvalue weighted by Gasteiger charge is -2.24. The van der Waals surface area contributed by atoms with Crippen molar-refractivity contribution >= 4 is 66.8 Å². The van der Waals surface area contributed by atoms with Crippen LogP contribution in [0.3, 0.4) is 0 Å². The van der Waals surface area contributed by atoms with Gasteiger partial charge in [0.15, 0.2) is 23.3 Å². The lowest BCUT2D eigenvalue weighted by atomic mass is 9.78. The van der Waals surface area contributed by atoms with Gasteiger partial charge in [-0.25, -0.2) is 27.5 Å². The highest BCUT2D eigenvalue weighted by Gasteiger charge is 2.48. The highest BCUT2D eigenvalue weighted by molar-refractivity contribution is 7.26. The summed E-state index contributed by atoms with van der Waals surface area (Å²) in [6.07, 6.45) is 3.31. The minimum atomic E-state index is -1.26. The number of carbonyl (C=O) groups is 2. The summed E-state index contributed by atoms with van der Waals surface area (Å²) in [7, 11) is 0. The molecule has 1 spiro atoms. The van der Waals surface area contributed by atoms with Crippen LogP contribution in [-0.4, -0.2) is 23.0 Å². The van der Waals surface area contributed by atoms with Gasteiger partial charge in [0, 0.05) is 38.8 Å². The fourth-order valence-electron chi connectivity index (χ4n) is 7.41. The predicted octanol–water partition coefficient (Wildman–Crippen LogP) is 8.75. The van der Waals surface area contributed by atoms with E-state index in [0.29, 0.717) is 10.0 Å². The number of fused-ring (bicyclic) bond motifs is 7. The fourth-order valence-corrected chi connectivity index (χ4v) is 9.84. The van der Waals surface area contributed by atoms with Gasteiger partial charge in [-0.15, -0.1) is 22.7 Å². The number of thiophene rings is 2. The van der Waals surface area contributed by atoms with E-state index in [1.807, 2.05) is 12.1 Å². The lowest BCUT2D eigenvalue weighted by molar-refractivity contribution is 0.106. The Labute approximate surface area is 293 Å². The van der Waals surface area contributed by atoms with E-state index >= 15 is 0 Å². The summed E-state index contributed by atoms with van der Waals surface area (Å²) in [4.78, 5) is 37.7. The maximum absolute atomic E-state index is 14.3. The molecule has 244 valence electrons. The molecule has 0 amide bonds. The van der Waals surface area contributed by atoms with Crippen LogP contribution in [0, 0.1) is 68.6 Å². The molecule has 0 aliphatic heterocycles. The van der Waals surface area contributed by atoms with Crippen LogP contribution in [0.25, 0.3) is 20.9 Å². The molecule has 0 atom stereocenters. The number of allylic oxidation sites excluding steroid dienone is 4. The molecule has 51 heavy (non-hydrogen) atoms. The number of nitriles is 4. The summed E-state index contributed by atoms with van der Waals surface area (Å²) in [6, 6.07) is 13.5. The maximum Gasteiger partial charge on any atom is 0.212 e. The van der Waals surface area contributed by atoms with Crippen molar-refractivity contribution in [2.24, 2.45) is 9.98 Å². The average Bonchev–Trinajstić information content (AvgIpc) is 3.96. The van der Waals surface area contributed by atoms with E-state index in [9.17, 15) is 48.2 Å². The zero-order valence-electron chi connectivity index (χ0n) is 25.6. The van der Waals surface area contributed by atoms with Gasteiger partial charge < -0.3 is 0 Å². The summed E-state index contributed by atoms with van der Waals surface area (Å²) < 4.78 is 56.9. The van der Waals surface area contributed by atoms with Crippen LogP contribution in [-0.2, 0) is 5.41 Å². The Morgan fingerprint density at radius 3 is 1.29 bits per heavy atom. The van der Waals surface area contributed by atoms with E-state index in [1.54, 1.807) is 24.3 Å². The summed E-state index contributed by atoms with van der Waals surface area (Å²) in [5.74, 6) is -6.55. The summed E-state index contributed by atoms with van der Waals surface area (Å²) in [5, 5.41) is 39.4. The largest absolute Gasteiger partial charge is 0.287 e. The quantitative estimate of drug-likeness (QED) is 0.149. The Balaban J connectivity index is 1.27. The van der Waals surface area contributed by atoms with Crippen molar-refractivity contribution < 1.29 is 27.2 Å². The zero-order valence-corrected chi connectivity index (χ0v) is 27.3. The van der Waals surface area contributed by atoms with Gasteiger partial charge in [-0.2, -0.15) is 21.0 Å². The highest BCUT2D eigenvalue weighted by atomic mass is 32.1. The lowest BCUT2D eigenvalue weighted by Crippen LogP contribution is -2.19. The minimum Gasteiger partial charge on any atom is -0.287 e. The molecule has 2 aromatic heterocycles. The Morgan fingerprint density at radius 2 is 0.941 bits per heavy atom. The van der Waals surface area contributed by atoms with Crippen LogP contribution in [0.4, 0.5) is 27.6 Å². The molecule has 4 aromatic rings. The van der Waals surface area contributed by atoms with Crippen LogP contribution < -0.4 is 0 Å². The number of hydrogen-bond acceptors (Lipinski definition) is 10. The van der Waals surface area contributed by atoms with Gasteiger partial charge in [0.2, 0.25) is 11.6 Å². The van der Waals surface area contributed by atoms with Crippen molar-refractivity contribution in [1.82, 2.24) is 0 Å². The predicted molar refractivity (Wildman–Crippen MR) is 179 cm³/mol. The van der Waals surface area contributed by atoms with E-state index in [2.05, 4.69) is 9.98 Å². The molecule has 2 aromatic carbocycles. The first-order chi connectivity index (χ1) is 24.5. The summed E-state index contributed by atoms with van der Waals surface area (Å²) in [6.45, 7) is 0. The second-order valence-corrected chi connectivity index (χ2v) is 14.2. The number of aliphatic imine (C=N–C) groups is 2. The maximum atomic E-state index is 14.3. The molecule has 0 radical (unpaired) electrons. The monoisotopic (exact) mass is 714 g/mol. The van der Waals surface area contributed by atoms with Gasteiger partial charge in [0.05, 0.1) is 9.75 Å². The number of benzene rings is 2. The minimum absolute atomic E-state index is 0.102. The number of nitrogens with zero attached hydrogens (tertiary/aromatic N) is 6. The molecule has 14 heteroatoms. The van der Waals surface area contributed by atoms with Crippen LogP contribution in [0.1, 0.15) is 68.7 Å². The Bertz CT molecular complexity index is 2470. The molecule has 0 bridgehead atoms. The van der Waals surface area contributed by atoms with E-state index in [1.165, 1.54) is 22.7 Å². The molecule has 0 saturated heterocycles. The molecular formula is C37H14F4N6O2S2. The normalized spacial score (nSPS) is 17.6. The molecule has 0 N–H and O–H groups in total. The molecule has 4 aliphatic rings. The van der Waals surface area contributed by atoms with Crippen molar-refractivity contribution in [3.63, 3.8) is 0 Å². The molecule has 2 heterocycles. The first kappa shape index (κ1) is 31.9. The van der Waals surface area contributed by atoms with Crippen LogP contribution >= 0.6 is 22.7 Å². The van der Waals surface area contributed by atoms with Crippen LogP contribution in [0.15, 0.2) is 57.5 Å². The number of ketones is 2. The smallest absolute Gasteiger partial charge is 0.212 e. The zero-order chi connectivity index (χ0) is 35.9. The SMILES string of the molecule is N#CC(C#N)=C1/C(=N/c2cc3c(s2)-c2sc(/N=C4\C(=O)c5cc(F)c(F)cc5C4=C(C#N)C#N)cc2C32CCCC2)C(=O)c2cc(F)c(F)cc21. The van der Waals surface area contributed by atoms with Crippen molar-refractivity contribution in [3.05, 3.63) is 104 Å². The van der Waals surface area contributed by atoms with E-state index in [4.69, 9.17) is 0 Å². The Morgan fingerprint density at radius 1 is 0.588 bits per heavy atom. The molecule has 1 fully saturated rings. The Kier molecular flexibility index (Phi) is 7.11. The highest BCUT2D eigenvalue weighted by Crippen LogP contribution is 2.63. The molecule has 8 rings (SSSR count). The van der Waals surface area contributed by atoms with E-state index < -0.39 is 51.4 Å². The molecule has 0 unspecified atom stereocenters. The number of halogens is 4. The number of hydrogen-bond donors (Lipinski definition) is 0. The summed E-state index contributed by atoms with van der Waals surface area (Å²) in [5.41, 5.74) is -1.11. The second-order valence-electron chi connectivity index (χ2n) is 12.1. The van der Waals surface area contributed by atoms with Crippen molar-refractivity contribution in [3.8, 4) is 34.0 Å². The number of rotatable bonds is 2. The second kappa shape index (κ2) is 11.4. The molecule has 4 aliphatic carbocycles. The number of Topliss-reactive ketones (excluding diaryl/α,β-unsaturated/α-hetero) is 2. The Hall–Kier alpha value is -6.32. The van der Waals surface area contributed by atoms with Crippen molar-refractivity contribution in [2.45, 2.75) is 31.1 Å². The molecule has 1 saturated carbocycles. The fraction of sp³-hybridized carbons (Fsp3) is 0.135. The van der Waals surface area contributed by atoms with Crippen molar-refractivity contribution in [2.75, 3.05) is 0 Å². The van der Waals surface area contributed by atoms with Gasteiger partial charge in [0.25, 0.3) is 0 Å². The third-order valence-electron chi connectivity index (χ3n) is 9.58. The van der Waals surface area contributed by atoms with Crippen LogP contribution in [0.5, 0.6) is 0 Å². The van der Waals surface area contributed by atoms with E-state index in [-0.39, 0.29) is 44.8 Å². The van der Waals surface area contributed by atoms with Gasteiger partial charge in [-0.05, 0) is 60.4 Å². The van der Waals surface area contributed by atoms with E-state index in [0.717, 1.165) is 70.8 Å². The van der Waals surface area contributed by atoms with Gasteiger partial charge >= 0.3 is 0 Å². The van der Waals surface area contributed by atoms with Gasteiger partial charge in [-0.3, -0.25) is 9.59 Å². The van der Waals surface area contributed by atoms with Gasteiger partial charge in [-0.1, -0.05) is 12.8 Å². The first-order valence-electron chi connectivity index (χ1n) is 15.2. The molecular weight excluding hydrogens is 701 g/mol.